The number of anilines is 2. The Kier molecular flexibility index (Phi) is 2.46. The van der Waals surface area contributed by atoms with Crippen LogP contribution >= 0.6 is 0 Å². The molecule has 1 aromatic carbocycles. The van der Waals surface area contributed by atoms with Crippen molar-refractivity contribution in [3.8, 4) is 5.75 Å². The lowest BCUT2D eigenvalue weighted by atomic mass is 10.1. The first kappa shape index (κ1) is 10.7. The topological polar surface area (TPSA) is 55.6 Å². The predicted octanol–water partition coefficient (Wildman–Crippen LogP) is 1.40. The molecule has 1 unspecified atom stereocenters. The minimum atomic E-state index is -0.478. The lowest BCUT2D eigenvalue weighted by molar-refractivity contribution is -0.122. The molecule has 1 heterocycles. The van der Waals surface area contributed by atoms with Gasteiger partial charge in [-0.1, -0.05) is 6.92 Å². The summed E-state index contributed by atoms with van der Waals surface area (Å²) >= 11 is 0. The van der Waals surface area contributed by atoms with Crippen molar-refractivity contribution in [2.24, 2.45) is 5.92 Å². The monoisotopic (exact) mass is 224 g/mol. The first-order valence-electron chi connectivity index (χ1n) is 5.00. The molecule has 1 amide bonds. The van der Waals surface area contributed by atoms with Gasteiger partial charge in [0.2, 0.25) is 5.91 Å². The zero-order valence-corrected chi connectivity index (χ0v) is 9.16. The summed E-state index contributed by atoms with van der Waals surface area (Å²) in [7, 11) is 1.59. The van der Waals surface area contributed by atoms with E-state index in [1.807, 2.05) is 0 Å². The smallest absolute Gasteiger partial charge is 0.233 e. The van der Waals surface area contributed by atoms with E-state index in [1.165, 1.54) is 17.0 Å². The van der Waals surface area contributed by atoms with Crippen molar-refractivity contribution in [3.05, 3.63) is 17.9 Å². The highest BCUT2D eigenvalue weighted by atomic mass is 19.1. The number of nitrogen functional groups attached to an aromatic ring is 1. The molecule has 2 rings (SSSR count). The van der Waals surface area contributed by atoms with Crippen molar-refractivity contribution in [2.45, 2.75) is 6.92 Å². The summed E-state index contributed by atoms with van der Waals surface area (Å²) < 4.78 is 18.6. The van der Waals surface area contributed by atoms with Crippen molar-refractivity contribution in [1.29, 1.82) is 0 Å². The van der Waals surface area contributed by atoms with E-state index in [2.05, 4.69) is 0 Å². The SMILES string of the molecule is CC1COc2c(N)cc(F)cc2N(C)C1=O. The number of amides is 1. The molecule has 5 heteroatoms. The molecule has 0 spiro atoms. The van der Waals surface area contributed by atoms with Crippen molar-refractivity contribution in [1.82, 2.24) is 0 Å². The molecule has 4 nitrogen and oxygen atoms in total. The number of nitrogens with two attached hydrogens (primary N) is 1. The molecular formula is C11H13FN2O2. The number of nitrogens with zero attached hydrogens (tertiary/aromatic N) is 1. The molecule has 0 saturated heterocycles. The lowest BCUT2D eigenvalue weighted by Gasteiger charge is -2.18. The summed E-state index contributed by atoms with van der Waals surface area (Å²) in [6.45, 7) is 2.02. The van der Waals surface area contributed by atoms with E-state index in [9.17, 15) is 9.18 Å². The fourth-order valence-corrected chi connectivity index (χ4v) is 1.74. The van der Waals surface area contributed by atoms with E-state index in [0.717, 1.165) is 0 Å². The zero-order valence-electron chi connectivity index (χ0n) is 9.16. The predicted molar refractivity (Wildman–Crippen MR) is 58.9 cm³/mol. The Morgan fingerprint density at radius 2 is 2.25 bits per heavy atom. The van der Waals surface area contributed by atoms with Crippen LogP contribution in [0.25, 0.3) is 0 Å². The Hall–Kier alpha value is -1.78. The quantitative estimate of drug-likeness (QED) is 0.678. The third-order valence-electron chi connectivity index (χ3n) is 2.65. The van der Waals surface area contributed by atoms with Crippen LogP contribution in [0.15, 0.2) is 12.1 Å². The number of fused-ring (bicyclic) bond motifs is 1. The number of hydrogen-bond acceptors (Lipinski definition) is 3. The summed E-state index contributed by atoms with van der Waals surface area (Å²) in [5.74, 6) is -0.473. The van der Waals surface area contributed by atoms with Crippen LogP contribution in [0.4, 0.5) is 15.8 Å². The molecule has 0 bridgehead atoms. The average molecular weight is 224 g/mol. The Morgan fingerprint density at radius 1 is 1.56 bits per heavy atom. The summed E-state index contributed by atoms with van der Waals surface area (Å²) in [4.78, 5) is 13.2. The second-order valence-corrected chi connectivity index (χ2v) is 3.95. The second-order valence-electron chi connectivity index (χ2n) is 3.95. The van der Waals surface area contributed by atoms with Gasteiger partial charge in [0.25, 0.3) is 0 Å². The van der Waals surface area contributed by atoms with Crippen LogP contribution in [0.3, 0.4) is 0 Å². The lowest BCUT2D eigenvalue weighted by Crippen LogP contribution is -2.31. The molecule has 0 radical (unpaired) electrons. The van der Waals surface area contributed by atoms with E-state index >= 15 is 0 Å². The van der Waals surface area contributed by atoms with Gasteiger partial charge in [0, 0.05) is 19.2 Å². The number of hydrogen-bond donors (Lipinski definition) is 1. The third-order valence-corrected chi connectivity index (χ3v) is 2.65. The molecule has 86 valence electrons. The van der Waals surface area contributed by atoms with Gasteiger partial charge in [-0.3, -0.25) is 4.79 Å². The molecule has 0 aliphatic carbocycles. The standard InChI is InChI=1S/C11H13FN2O2/c1-6-5-16-10-8(13)3-7(12)4-9(10)14(2)11(6)15/h3-4,6H,5,13H2,1-2H3. The van der Waals surface area contributed by atoms with Gasteiger partial charge < -0.3 is 15.4 Å². The number of rotatable bonds is 0. The van der Waals surface area contributed by atoms with Crippen molar-refractivity contribution in [3.63, 3.8) is 0 Å². The highest BCUT2D eigenvalue weighted by Crippen LogP contribution is 2.37. The van der Waals surface area contributed by atoms with Crippen LogP contribution in [0.5, 0.6) is 5.75 Å². The van der Waals surface area contributed by atoms with E-state index in [0.29, 0.717) is 11.4 Å². The van der Waals surface area contributed by atoms with Crippen LogP contribution in [-0.2, 0) is 4.79 Å². The normalized spacial score (nSPS) is 20.1. The summed E-state index contributed by atoms with van der Waals surface area (Å²) in [5, 5.41) is 0. The fourth-order valence-electron chi connectivity index (χ4n) is 1.74. The van der Waals surface area contributed by atoms with Crippen molar-refractivity contribution in [2.75, 3.05) is 24.3 Å². The van der Waals surface area contributed by atoms with Crippen LogP contribution in [-0.4, -0.2) is 19.6 Å². The van der Waals surface area contributed by atoms with Gasteiger partial charge in [0.1, 0.15) is 5.82 Å². The zero-order chi connectivity index (χ0) is 11.9. The van der Waals surface area contributed by atoms with Crippen LogP contribution < -0.4 is 15.4 Å². The second kappa shape index (κ2) is 3.66. The molecule has 1 aliphatic rings. The van der Waals surface area contributed by atoms with Gasteiger partial charge in [-0.05, 0) is 0 Å². The van der Waals surface area contributed by atoms with Gasteiger partial charge in [-0.2, -0.15) is 0 Å². The molecule has 2 N–H and O–H groups in total. The molecule has 1 atom stereocenters. The first-order chi connectivity index (χ1) is 7.50. The molecule has 0 saturated carbocycles. The number of benzene rings is 1. The Bertz CT molecular complexity index is 448. The summed E-state index contributed by atoms with van der Waals surface area (Å²) in [5.41, 5.74) is 6.25. The van der Waals surface area contributed by atoms with Gasteiger partial charge in [-0.25, -0.2) is 4.39 Å². The van der Waals surface area contributed by atoms with Crippen LogP contribution in [0.1, 0.15) is 6.92 Å². The Morgan fingerprint density at radius 3 is 2.94 bits per heavy atom. The van der Waals surface area contributed by atoms with Crippen molar-refractivity contribution < 1.29 is 13.9 Å². The molecular weight excluding hydrogens is 211 g/mol. The van der Waals surface area contributed by atoms with Crippen molar-refractivity contribution >= 4 is 17.3 Å². The molecule has 1 aromatic rings. The van der Waals surface area contributed by atoms with Gasteiger partial charge in [0.05, 0.1) is 23.9 Å². The average Bonchev–Trinajstić information content (AvgIpc) is 2.32. The minimum absolute atomic E-state index is 0.108. The number of carbonyl (C=O) groups is 1. The summed E-state index contributed by atoms with van der Waals surface area (Å²) in [6.07, 6.45) is 0. The minimum Gasteiger partial charge on any atom is -0.488 e. The van der Waals surface area contributed by atoms with Crippen LogP contribution in [0, 0.1) is 11.7 Å². The third kappa shape index (κ3) is 1.58. The molecule has 0 fully saturated rings. The summed E-state index contributed by atoms with van der Waals surface area (Å²) in [6, 6.07) is 2.44. The largest absolute Gasteiger partial charge is 0.488 e. The van der Waals surface area contributed by atoms with E-state index < -0.39 is 5.82 Å². The molecule has 1 aliphatic heterocycles. The van der Waals surface area contributed by atoms with Gasteiger partial charge in [-0.15, -0.1) is 0 Å². The Labute approximate surface area is 92.8 Å². The van der Waals surface area contributed by atoms with E-state index in [4.69, 9.17) is 10.5 Å². The highest BCUT2D eigenvalue weighted by Gasteiger charge is 2.27. The molecule has 0 aromatic heterocycles. The van der Waals surface area contributed by atoms with Crippen LogP contribution in [0.2, 0.25) is 0 Å². The maximum Gasteiger partial charge on any atom is 0.233 e. The fraction of sp³-hybridized carbons (Fsp3) is 0.364. The number of carbonyl (C=O) groups excluding carboxylic acids is 1. The maximum absolute atomic E-state index is 13.2. The first-order valence-corrected chi connectivity index (χ1v) is 5.00. The maximum atomic E-state index is 13.2. The highest BCUT2D eigenvalue weighted by molar-refractivity contribution is 5.97. The number of ether oxygens (including phenoxy) is 1. The van der Waals surface area contributed by atoms with E-state index in [-0.39, 0.29) is 24.1 Å². The van der Waals surface area contributed by atoms with Gasteiger partial charge in [0.15, 0.2) is 5.75 Å². The van der Waals surface area contributed by atoms with E-state index in [1.54, 1.807) is 14.0 Å². The molecule has 16 heavy (non-hydrogen) atoms. The number of halogens is 1. The Balaban J connectivity index is 2.57. The van der Waals surface area contributed by atoms with Gasteiger partial charge >= 0.3 is 0 Å².